The molecule has 1 aromatic carbocycles. The molecule has 160 valence electrons. The van der Waals surface area contributed by atoms with Crippen molar-refractivity contribution >= 4 is 5.65 Å². The number of hydrogen-bond acceptors (Lipinski definition) is 4. The van der Waals surface area contributed by atoms with E-state index in [-0.39, 0.29) is 5.56 Å². The first-order chi connectivity index (χ1) is 14.6. The molecule has 0 aliphatic carbocycles. The zero-order valence-corrected chi connectivity index (χ0v) is 17.2. The van der Waals surface area contributed by atoms with Gasteiger partial charge < -0.3 is 4.90 Å². The number of fused-ring (bicyclic) bond motifs is 1. The number of rotatable bonds is 4. The number of hydrogen-bond donors (Lipinski definition) is 1. The van der Waals surface area contributed by atoms with E-state index < -0.39 is 11.7 Å². The van der Waals surface area contributed by atoms with E-state index in [4.69, 9.17) is 4.98 Å². The fraction of sp³-hybridized carbons (Fsp3) is 0.227. The molecule has 0 amide bonds. The first kappa shape index (κ1) is 20.8. The van der Waals surface area contributed by atoms with Crippen LogP contribution >= 0.6 is 0 Å². The Bertz CT molecular complexity index is 1300. The van der Waals surface area contributed by atoms with Gasteiger partial charge in [0, 0.05) is 41.8 Å². The average Bonchev–Trinajstić information content (AvgIpc) is 3.04. The minimum Gasteiger partial charge on any atom is -0.305 e. The Hall–Kier alpha value is -3.46. The lowest BCUT2D eigenvalue weighted by molar-refractivity contribution is -0.137. The lowest BCUT2D eigenvalue weighted by Crippen LogP contribution is -2.16. The van der Waals surface area contributed by atoms with Crippen LogP contribution in [0, 0.1) is 6.92 Å². The van der Waals surface area contributed by atoms with Crippen molar-refractivity contribution in [3.05, 3.63) is 76.0 Å². The topological polar surface area (TPSA) is 66.3 Å². The van der Waals surface area contributed by atoms with E-state index in [2.05, 4.69) is 10.1 Å². The Morgan fingerprint density at radius 2 is 1.84 bits per heavy atom. The van der Waals surface area contributed by atoms with Gasteiger partial charge in [0.05, 0.1) is 11.3 Å². The molecule has 6 nitrogen and oxygen atoms in total. The molecule has 3 heterocycles. The third-order valence-electron chi connectivity index (χ3n) is 4.97. The zero-order chi connectivity index (χ0) is 22.3. The Morgan fingerprint density at radius 1 is 1.13 bits per heavy atom. The summed E-state index contributed by atoms with van der Waals surface area (Å²) in [6.07, 6.45) is -1.07. The normalized spacial score (nSPS) is 12.1. The molecule has 3 aromatic heterocycles. The highest BCUT2D eigenvalue weighted by Gasteiger charge is 2.30. The highest BCUT2D eigenvalue weighted by molar-refractivity contribution is 5.81. The van der Waals surface area contributed by atoms with Gasteiger partial charge in [0.2, 0.25) is 0 Å². The van der Waals surface area contributed by atoms with Crippen LogP contribution < -0.4 is 5.56 Å². The standard InChI is InChI=1S/C22H20F3N5O/c1-13-20(14-4-6-16(7-5-14)22(23,24)25)21-27-18(10-19(31)30(21)28-13)17-11-26-9-8-15(17)12-29(2)3/h4-11,28H,12H2,1-3H3. The Labute approximate surface area is 176 Å². The van der Waals surface area contributed by atoms with Crippen molar-refractivity contribution in [2.75, 3.05) is 14.1 Å². The number of nitrogens with one attached hydrogen (secondary N) is 1. The molecule has 1 N–H and O–H groups in total. The molecule has 0 bridgehead atoms. The molecule has 31 heavy (non-hydrogen) atoms. The number of pyridine rings is 1. The van der Waals surface area contributed by atoms with Crippen LogP contribution in [0.15, 0.2) is 53.6 Å². The van der Waals surface area contributed by atoms with Gasteiger partial charge in [-0.05, 0) is 50.3 Å². The van der Waals surface area contributed by atoms with Crippen LogP contribution in [-0.2, 0) is 12.7 Å². The van der Waals surface area contributed by atoms with Crippen LogP contribution in [0.4, 0.5) is 13.2 Å². The van der Waals surface area contributed by atoms with Crippen molar-refractivity contribution in [3.63, 3.8) is 0 Å². The van der Waals surface area contributed by atoms with E-state index in [0.29, 0.717) is 34.7 Å². The third kappa shape index (κ3) is 3.96. The number of aromatic nitrogens is 4. The highest BCUT2D eigenvalue weighted by atomic mass is 19.4. The summed E-state index contributed by atoms with van der Waals surface area (Å²) in [4.78, 5) is 23.7. The van der Waals surface area contributed by atoms with Gasteiger partial charge >= 0.3 is 6.18 Å². The summed E-state index contributed by atoms with van der Waals surface area (Å²) >= 11 is 0. The summed E-state index contributed by atoms with van der Waals surface area (Å²) in [5.74, 6) is 0. The fourth-order valence-corrected chi connectivity index (χ4v) is 3.59. The van der Waals surface area contributed by atoms with E-state index in [1.165, 1.54) is 22.7 Å². The second-order valence-electron chi connectivity index (χ2n) is 7.60. The molecule has 4 aromatic rings. The lowest BCUT2D eigenvalue weighted by atomic mass is 10.0. The van der Waals surface area contributed by atoms with Crippen LogP contribution in [0.2, 0.25) is 0 Å². The predicted octanol–water partition coefficient (Wildman–Crippen LogP) is 4.14. The van der Waals surface area contributed by atoms with Gasteiger partial charge in [0.25, 0.3) is 5.56 Å². The molecule has 0 fully saturated rings. The molecule has 0 aliphatic heterocycles. The average molecular weight is 427 g/mol. The summed E-state index contributed by atoms with van der Waals surface area (Å²) in [7, 11) is 3.88. The monoisotopic (exact) mass is 427 g/mol. The number of nitrogens with zero attached hydrogens (tertiary/aromatic N) is 4. The molecule has 0 radical (unpaired) electrons. The molecular formula is C22H20F3N5O. The van der Waals surface area contributed by atoms with Gasteiger partial charge in [-0.3, -0.25) is 14.9 Å². The predicted molar refractivity (Wildman–Crippen MR) is 112 cm³/mol. The number of benzene rings is 1. The zero-order valence-electron chi connectivity index (χ0n) is 17.2. The van der Waals surface area contributed by atoms with E-state index in [1.54, 1.807) is 19.3 Å². The minimum atomic E-state index is -4.42. The number of aromatic amines is 1. The first-order valence-electron chi connectivity index (χ1n) is 9.53. The summed E-state index contributed by atoms with van der Waals surface area (Å²) < 4.78 is 40.1. The van der Waals surface area contributed by atoms with Crippen LogP contribution in [0.3, 0.4) is 0 Å². The van der Waals surface area contributed by atoms with E-state index in [0.717, 1.165) is 23.3 Å². The van der Waals surface area contributed by atoms with Crippen molar-refractivity contribution in [2.45, 2.75) is 19.6 Å². The van der Waals surface area contributed by atoms with E-state index >= 15 is 0 Å². The second kappa shape index (κ2) is 7.66. The molecular weight excluding hydrogens is 407 g/mol. The molecule has 0 saturated carbocycles. The van der Waals surface area contributed by atoms with Gasteiger partial charge in [-0.15, -0.1) is 0 Å². The maximum Gasteiger partial charge on any atom is 0.416 e. The van der Waals surface area contributed by atoms with E-state index in [1.807, 2.05) is 25.1 Å². The molecule has 9 heteroatoms. The van der Waals surface area contributed by atoms with Crippen molar-refractivity contribution in [1.82, 2.24) is 24.5 Å². The largest absolute Gasteiger partial charge is 0.416 e. The summed E-state index contributed by atoms with van der Waals surface area (Å²) in [6.45, 7) is 2.39. The van der Waals surface area contributed by atoms with Crippen molar-refractivity contribution in [3.8, 4) is 22.4 Å². The van der Waals surface area contributed by atoms with Crippen molar-refractivity contribution in [1.29, 1.82) is 0 Å². The highest BCUT2D eigenvalue weighted by Crippen LogP contribution is 2.33. The second-order valence-corrected chi connectivity index (χ2v) is 7.60. The van der Waals surface area contributed by atoms with Crippen LogP contribution in [-0.4, -0.2) is 38.6 Å². The Balaban J connectivity index is 1.90. The Kier molecular flexibility index (Phi) is 5.14. The molecule has 0 atom stereocenters. The number of halogens is 3. The van der Waals surface area contributed by atoms with Crippen molar-refractivity contribution in [2.24, 2.45) is 0 Å². The number of H-pyrrole nitrogens is 1. The molecule has 0 spiro atoms. The molecule has 0 saturated heterocycles. The van der Waals surface area contributed by atoms with Gasteiger partial charge in [-0.1, -0.05) is 12.1 Å². The van der Waals surface area contributed by atoms with E-state index in [9.17, 15) is 18.0 Å². The minimum absolute atomic E-state index is 0.319. The fourth-order valence-electron chi connectivity index (χ4n) is 3.59. The molecule has 0 aliphatic rings. The number of alkyl halides is 3. The SMILES string of the molecule is Cc1[nH]n2c(=O)cc(-c3cnccc3CN(C)C)nc2c1-c1ccc(C(F)(F)F)cc1. The van der Waals surface area contributed by atoms with Gasteiger partial charge in [0.1, 0.15) is 0 Å². The number of aryl methyl sites for hydroxylation is 1. The van der Waals surface area contributed by atoms with Crippen LogP contribution in [0.5, 0.6) is 0 Å². The Morgan fingerprint density at radius 3 is 2.48 bits per heavy atom. The molecule has 0 unspecified atom stereocenters. The quantitative estimate of drug-likeness (QED) is 0.532. The third-order valence-corrected chi connectivity index (χ3v) is 4.97. The summed E-state index contributed by atoms with van der Waals surface area (Å²) in [5, 5.41) is 2.96. The summed E-state index contributed by atoms with van der Waals surface area (Å²) in [5.41, 5.74) is 3.18. The first-order valence-corrected chi connectivity index (χ1v) is 9.53. The lowest BCUT2D eigenvalue weighted by Gasteiger charge is -2.13. The smallest absolute Gasteiger partial charge is 0.305 e. The van der Waals surface area contributed by atoms with Crippen molar-refractivity contribution < 1.29 is 13.2 Å². The summed E-state index contributed by atoms with van der Waals surface area (Å²) in [6, 6.07) is 8.12. The van der Waals surface area contributed by atoms with Gasteiger partial charge in [0.15, 0.2) is 5.65 Å². The van der Waals surface area contributed by atoms with Crippen LogP contribution in [0.25, 0.3) is 28.0 Å². The van der Waals surface area contributed by atoms with Gasteiger partial charge in [-0.2, -0.15) is 13.2 Å². The maximum absolute atomic E-state index is 12.9. The molecule has 4 rings (SSSR count). The van der Waals surface area contributed by atoms with Crippen LogP contribution in [0.1, 0.15) is 16.8 Å². The maximum atomic E-state index is 12.9. The van der Waals surface area contributed by atoms with Gasteiger partial charge in [-0.25, -0.2) is 9.50 Å².